The molecule has 24 heavy (non-hydrogen) atoms. The van der Waals surface area contributed by atoms with E-state index in [2.05, 4.69) is 25.9 Å². The van der Waals surface area contributed by atoms with Crippen LogP contribution in [0.1, 0.15) is 5.76 Å². The first-order valence-electron chi connectivity index (χ1n) is 7.00. The number of nitrogens with zero attached hydrogens (tertiary/aromatic N) is 1. The maximum absolute atomic E-state index is 12.0. The van der Waals surface area contributed by atoms with E-state index >= 15 is 0 Å². The topological polar surface area (TPSA) is 71.7 Å². The van der Waals surface area contributed by atoms with E-state index in [-0.39, 0.29) is 4.90 Å². The lowest BCUT2D eigenvalue weighted by molar-refractivity contribution is 0.573. The number of hydrogen-bond donors (Lipinski definition) is 1. The molecule has 1 heterocycles. The van der Waals surface area contributed by atoms with Gasteiger partial charge in [-0.2, -0.15) is 18.4 Å². The third-order valence-electron chi connectivity index (χ3n) is 3.17. The molecule has 3 rings (SSSR count). The van der Waals surface area contributed by atoms with Crippen molar-refractivity contribution in [2.75, 3.05) is 0 Å². The SMILES string of the molecule is O=S(=O)(N/N=C\c1ccc(-c2ccc(Br)cc2)o1)c1ccccc1. The van der Waals surface area contributed by atoms with Crippen molar-refractivity contribution in [1.29, 1.82) is 0 Å². The Balaban J connectivity index is 1.71. The number of sulfonamides is 1. The van der Waals surface area contributed by atoms with Crippen LogP contribution < -0.4 is 4.83 Å². The third-order valence-corrected chi connectivity index (χ3v) is 4.94. The summed E-state index contributed by atoms with van der Waals surface area (Å²) >= 11 is 3.38. The van der Waals surface area contributed by atoms with Crippen LogP contribution in [0.25, 0.3) is 11.3 Å². The molecule has 0 bridgehead atoms. The Hall–Kier alpha value is -2.38. The summed E-state index contributed by atoms with van der Waals surface area (Å²) in [5.74, 6) is 1.12. The van der Waals surface area contributed by atoms with Gasteiger partial charge in [0.2, 0.25) is 0 Å². The number of furan rings is 1. The van der Waals surface area contributed by atoms with Crippen LogP contribution >= 0.6 is 15.9 Å². The zero-order chi connectivity index (χ0) is 17.0. The van der Waals surface area contributed by atoms with Crippen molar-refractivity contribution in [1.82, 2.24) is 4.83 Å². The Bertz CT molecular complexity index is 949. The zero-order valence-electron chi connectivity index (χ0n) is 12.4. The van der Waals surface area contributed by atoms with Gasteiger partial charge in [-0.15, -0.1) is 0 Å². The van der Waals surface area contributed by atoms with E-state index in [0.717, 1.165) is 10.0 Å². The van der Waals surface area contributed by atoms with Gasteiger partial charge in [-0.3, -0.25) is 0 Å². The highest BCUT2D eigenvalue weighted by Gasteiger charge is 2.11. The lowest BCUT2D eigenvalue weighted by Gasteiger charge is -2.01. The monoisotopic (exact) mass is 404 g/mol. The number of nitrogens with one attached hydrogen (secondary N) is 1. The quantitative estimate of drug-likeness (QED) is 0.515. The molecule has 3 aromatic rings. The van der Waals surface area contributed by atoms with E-state index < -0.39 is 10.0 Å². The zero-order valence-corrected chi connectivity index (χ0v) is 14.8. The summed E-state index contributed by atoms with van der Waals surface area (Å²) in [7, 11) is -3.68. The Morgan fingerprint density at radius 2 is 1.67 bits per heavy atom. The predicted octanol–water partition coefficient (Wildman–Crippen LogP) is 4.02. The minimum atomic E-state index is -3.68. The molecule has 0 aliphatic rings. The molecule has 0 aliphatic heterocycles. The van der Waals surface area contributed by atoms with Gasteiger partial charge in [-0.05, 0) is 36.4 Å². The van der Waals surface area contributed by atoms with E-state index in [1.807, 2.05) is 24.3 Å². The summed E-state index contributed by atoms with van der Waals surface area (Å²) in [4.78, 5) is 2.31. The summed E-state index contributed by atoms with van der Waals surface area (Å²) in [6, 6.07) is 19.2. The highest BCUT2D eigenvalue weighted by atomic mass is 79.9. The summed E-state index contributed by atoms with van der Waals surface area (Å²) < 4.78 is 30.7. The van der Waals surface area contributed by atoms with Gasteiger partial charge in [0.15, 0.2) is 0 Å². The van der Waals surface area contributed by atoms with E-state index in [1.54, 1.807) is 30.3 Å². The predicted molar refractivity (Wildman–Crippen MR) is 96.2 cm³/mol. The maximum Gasteiger partial charge on any atom is 0.276 e. The second-order valence-electron chi connectivity index (χ2n) is 4.87. The molecule has 0 atom stereocenters. The number of rotatable bonds is 5. The maximum atomic E-state index is 12.0. The highest BCUT2D eigenvalue weighted by molar-refractivity contribution is 9.10. The molecule has 0 spiro atoms. The van der Waals surface area contributed by atoms with Crippen molar-refractivity contribution >= 4 is 32.2 Å². The van der Waals surface area contributed by atoms with Crippen molar-refractivity contribution in [3.63, 3.8) is 0 Å². The van der Waals surface area contributed by atoms with Gasteiger partial charge in [0.05, 0.1) is 11.1 Å². The molecule has 0 aliphatic carbocycles. The second kappa shape index (κ2) is 7.02. The van der Waals surface area contributed by atoms with Crippen LogP contribution in [0.15, 0.2) is 85.6 Å². The minimum Gasteiger partial charge on any atom is -0.455 e. The van der Waals surface area contributed by atoms with Gasteiger partial charge in [0.1, 0.15) is 11.5 Å². The van der Waals surface area contributed by atoms with Crippen molar-refractivity contribution < 1.29 is 12.8 Å². The number of benzene rings is 2. The van der Waals surface area contributed by atoms with Gasteiger partial charge >= 0.3 is 0 Å². The molecule has 7 heteroatoms. The van der Waals surface area contributed by atoms with Crippen molar-refractivity contribution in [2.45, 2.75) is 4.90 Å². The Morgan fingerprint density at radius 3 is 2.38 bits per heavy atom. The van der Waals surface area contributed by atoms with Crippen LogP contribution in [0, 0.1) is 0 Å². The van der Waals surface area contributed by atoms with Gasteiger partial charge in [-0.1, -0.05) is 46.3 Å². The summed E-state index contributed by atoms with van der Waals surface area (Å²) in [6.07, 6.45) is 1.32. The van der Waals surface area contributed by atoms with E-state index in [4.69, 9.17) is 4.42 Å². The first kappa shape index (κ1) is 16.5. The fourth-order valence-electron chi connectivity index (χ4n) is 2.00. The van der Waals surface area contributed by atoms with Crippen molar-refractivity contribution in [2.24, 2.45) is 5.10 Å². The normalized spacial score (nSPS) is 11.7. The number of hydrogen-bond acceptors (Lipinski definition) is 4. The molecule has 0 saturated heterocycles. The molecule has 2 aromatic carbocycles. The Labute approximate surface area is 148 Å². The van der Waals surface area contributed by atoms with Gasteiger partial charge in [-0.25, -0.2) is 0 Å². The summed E-state index contributed by atoms with van der Waals surface area (Å²) in [5, 5.41) is 3.75. The molecule has 0 fully saturated rings. The van der Waals surface area contributed by atoms with E-state index in [0.29, 0.717) is 11.5 Å². The van der Waals surface area contributed by atoms with Gasteiger partial charge in [0, 0.05) is 10.0 Å². The van der Waals surface area contributed by atoms with Crippen LogP contribution in [0.3, 0.4) is 0 Å². The average molecular weight is 405 g/mol. The Kier molecular flexibility index (Phi) is 4.82. The van der Waals surface area contributed by atoms with Crippen molar-refractivity contribution in [3.8, 4) is 11.3 Å². The molecule has 122 valence electrons. The van der Waals surface area contributed by atoms with Crippen LogP contribution in [0.2, 0.25) is 0 Å². The molecular weight excluding hydrogens is 392 g/mol. The van der Waals surface area contributed by atoms with Gasteiger partial charge in [0.25, 0.3) is 10.0 Å². The molecule has 1 N–H and O–H groups in total. The van der Waals surface area contributed by atoms with Crippen LogP contribution in [0.4, 0.5) is 0 Å². The fourth-order valence-corrected chi connectivity index (χ4v) is 3.08. The first-order chi connectivity index (χ1) is 11.5. The largest absolute Gasteiger partial charge is 0.455 e. The standard InChI is InChI=1S/C17H13BrN2O3S/c18-14-8-6-13(7-9-14)17-11-10-15(23-17)12-19-20-24(21,22)16-4-2-1-3-5-16/h1-12,20H/b19-12-. The highest BCUT2D eigenvalue weighted by Crippen LogP contribution is 2.23. The van der Waals surface area contributed by atoms with Crippen molar-refractivity contribution in [3.05, 3.63) is 77.0 Å². The molecule has 1 aromatic heterocycles. The lowest BCUT2D eigenvalue weighted by atomic mass is 10.2. The van der Waals surface area contributed by atoms with Crippen LogP contribution in [-0.4, -0.2) is 14.6 Å². The lowest BCUT2D eigenvalue weighted by Crippen LogP contribution is -2.18. The smallest absolute Gasteiger partial charge is 0.276 e. The van der Waals surface area contributed by atoms with E-state index in [9.17, 15) is 8.42 Å². The number of hydrazone groups is 1. The Morgan fingerprint density at radius 1 is 0.958 bits per heavy atom. The van der Waals surface area contributed by atoms with Crippen LogP contribution in [-0.2, 0) is 10.0 Å². The molecule has 0 amide bonds. The third kappa shape index (κ3) is 3.93. The molecule has 0 unspecified atom stereocenters. The second-order valence-corrected chi connectivity index (χ2v) is 7.45. The first-order valence-corrected chi connectivity index (χ1v) is 9.28. The molecule has 0 radical (unpaired) electrons. The number of halogens is 1. The summed E-state index contributed by atoms with van der Waals surface area (Å²) in [5.41, 5.74) is 0.919. The van der Waals surface area contributed by atoms with Gasteiger partial charge < -0.3 is 4.42 Å². The minimum absolute atomic E-state index is 0.150. The molecule has 0 saturated carbocycles. The van der Waals surface area contributed by atoms with E-state index in [1.165, 1.54) is 18.3 Å². The average Bonchev–Trinajstić information content (AvgIpc) is 3.05. The molecule has 5 nitrogen and oxygen atoms in total. The fraction of sp³-hybridized carbons (Fsp3) is 0. The van der Waals surface area contributed by atoms with Crippen LogP contribution in [0.5, 0.6) is 0 Å². The molecular formula is C17H13BrN2O3S. The summed E-state index contributed by atoms with van der Waals surface area (Å²) in [6.45, 7) is 0.